The number of aliphatic hydroxyl groups excluding tert-OH is 1. The molecule has 0 aromatic heterocycles. The van der Waals surface area contributed by atoms with Gasteiger partial charge in [-0.1, -0.05) is 35.9 Å². The zero-order chi connectivity index (χ0) is 24.5. The van der Waals surface area contributed by atoms with Gasteiger partial charge in [0, 0.05) is 42.0 Å². The SMILES string of the molecule is O=C(O)Oc1ccc(-c2cccc(NCCNC[C@H](O)c3cccc(Cl)c3)c2)c(OC(=O)O)c1. The number of anilines is 1. The normalized spacial score (nSPS) is 11.5. The Morgan fingerprint density at radius 2 is 1.68 bits per heavy atom. The van der Waals surface area contributed by atoms with Crippen LogP contribution in [0.2, 0.25) is 5.02 Å². The van der Waals surface area contributed by atoms with Crippen LogP contribution in [0.3, 0.4) is 0 Å². The Hall–Kier alpha value is -3.79. The van der Waals surface area contributed by atoms with Gasteiger partial charge in [0.05, 0.1) is 6.10 Å². The molecule has 5 N–H and O–H groups in total. The maximum absolute atomic E-state index is 11.1. The van der Waals surface area contributed by atoms with Crippen molar-refractivity contribution >= 4 is 29.6 Å². The highest BCUT2D eigenvalue weighted by molar-refractivity contribution is 6.30. The number of hydrogen-bond acceptors (Lipinski definition) is 7. The van der Waals surface area contributed by atoms with Crippen molar-refractivity contribution in [1.82, 2.24) is 5.32 Å². The van der Waals surface area contributed by atoms with E-state index in [9.17, 15) is 14.7 Å². The highest BCUT2D eigenvalue weighted by Crippen LogP contribution is 2.35. The minimum atomic E-state index is -1.53. The predicted octanol–water partition coefficient (Wildman–Crippen LogP) is 4.86. The minimum absolute atomic E-state index is 0.0555. The molecule has 3 aromatic rings. The lowest BCUT2D eigenvalue weighted by Gasteiger charge is -2.14. The van der Waals surface area contributed by atoms with Gasteiger partial charge >= 0.3 is 12.3 Å². The number of benzene rings is 3. The Bertz CT molecular complexity index is 1160. The van der Waals surface area contributed by atoms with E-state index in [4.69, 9.17) is 26.6 Å². The predicted molar refractivity (Wildman–Crippen MR) is 127 cm³/mol. The van der Waals surface area contributed by atoms with Gasteiger partial charge in [0.2, 0.25) is 0 Å². The largest absolute Gasteiger partial charge is 0.511 e. The zero-order valence-electron chi connectivity index (χ0n) is 17.9. The third kappa shape index (κ3) is 7.38. The van der Waals surface area contributed by atoms with Gasteiger partial charge in [0.15, 0.2) is 0 Å². The molecule has 0 aliphatic heterocycles. The van der Waals surface area contributed by atoms with Crippen molar-refractivity contribution in [1.29, 1.82) is 0 Å². The van der Waals surface area contributed by atoms with Crippen LogP contribution < -0.4 is 20.1 Å². The summed E-state index contributed by atoms with van der Waals surface area (Å²) in [5.74, 6) is -0.118. The lowest BCUT2D eigenvalue weighted by atomic mass is 10.0. The Kier molecular flexibility index (Phi) is 8.69. The topological polar surface area (TPSA) is 137 Å². The molecule has 9 nitrogen and oxygen atoms in total. The van der Waals surface area contributed by atoms with Crippen LogP contribution in [0, 0.1) is 0 Å². The molecule has 0 radical (unpaired) electrons. The average molecular weight is 487 g/mol. The number of hydrogen-bond donors (Lipinski definition) is 5. The lowest BCUT2D eigenvalue weighted by molar-refractivity contribution is 0.143. The van der Waals surface area contributed by atoms with Gasteiger partial charge in [-0.25, -0.2) is 9.59 Å². The molecule has 0 unspecified atom stereocenters. The molecule has 0 heterocycles. The summed E-state index contributed by atoms with van der Waals surface area (Å²) in [5.41, 5.74) is 2.63. The first-order valence-corrected chi connectivity index (χ1v) is 10.6. The van der Waals surface area contributed by atoms with Crippen molar-refractivity contribution in [3.63, 3.8) is 0 Å². The van der Waals surface area contributed by atoms with Crippen LogP contribution in [-0.2, 0) is 0 Å². The van der Waals surface area contributed by atoms with Crippen LogP contribution in [0.4, 0.5) is 15.3 Å². The summed E-state index contributed by atoms with van der Waals surface area (Å²) < 4.78 is 9.40. The monoisotopic (exact) mass is 486 g/mol. The number of halogens is 1. The molecule has 0 saturated carbocycles. The third-order valence-electron chi connectivity index (χ3n) is 4.73. The summed E-state index contributed by atoms with van der Waals surface area (Å²) in [7, 11) is 0. The fourth-order valence-corrected chi connectivity index (χ4v) is 3.45. The molecule has 34 heavy (non-hydrogen) atoms. The zero-order valence-corrected chi connectivity index (χ0v) is 18.7. The van der Waals surface area contributed by atoms with Crippen LogP contribution >= 0.6 is 11.6 Å². The fraction of sp³-hybridized carbons (Fsp3) is 0.167. The average Bonchev–Trinajstić information content (AvgIpc) is 2.78. The van der Waals surface area contributed by atoms with Gasteiger partial charge in [-0.05, 0) is 47.5 Å². The number of aliphatic hydroxyl groups is 1. The van der Waals surface area contributed by atoms with Gasteiger partial charge in [-0.3, -0.25) is 0 Å². The minimum Gasteiger partial charge on any atom is -0.449 e. The highest BCUT2D eigenvalue weighted by atomic mass is 35.5. The lowest BCUT2D eigenvalue weighted by Crippen LogP contribution is -2.26. The van der Waals surface area contributed by atoms with Gasteiger partial charge < -0.3 is 35.4 Å². The van der Waals surface area contributed by atoms with E-state index < -0.39 is 18.4 Å². The van der Waals surface area contributed by atoms with Crippen LogP contribution in [0.5, 0.6) is 11.5 Å². The van der Waals surface area contributed by atoms with Gasteiger partial charge in [-0.2, -0.15) is 0 Å². The van der Waals surface area contributed by atoms with E-state index in [0.29, 0.717) is 35.8 Å². The van der Waals surface area contributed by atoms with Crippen LogP contribution in [0.1, 0.15) is 11.7 Å². The second kappa shape index (κ2) is 11.9. The summed E-state index contributed by atoms with van der Waals surface area (Å²) in [6.07, 6.45) is -3.73. The number of carboxylic acid groups (broad SMARTS) is 2. The van der Waals surface area contributed by atoms with Crippen LogP contribution in [-0.4, -0.2) is 47.3 Å². The van der Waals surface area contributed by atoms with Gasteiger partial charge in [0.1, 0.15) is 11.5 Å². The maximum atomic E-state index is 11.1. The maximum Gasteiger partial charge on any atom is 0.511 e. The summed E-state index contributed by atoms with van der Waals surface area (Å²) in [6.45, 7) is 1.51. The first kappa shape index (κ1) is 24.8. The molecule has 0 saturated heterocycles. The summed E-state index contributed by atoms with van der Waals surface area (Å²) in [5, 5.41) is 35.0. The van der Waals surface area contributed by atoms with Crippen molar-refractivity contribution in [3.8, 4) is 22.6 Å². The van der Waals surface area contributed by atoms with E-state index in [1.54, 1.807) is 30.3 Å². The second-order valence-electron chi connectivity index (χ2n) is 7.18. The Morgan fingerprint density at radius 1 is 0.912 bits per heavy atom. The number of ether oxygens (including phenoxy) is 2. The van der Waals surface area contributed by atoms with Crippen LogP contribution in [0.15, 0.2) is 66.7 Å². The van der Waals surface area contributed by atoms with Crippen molar-refractivity contribution in [2.45, 2.75) is 6.10 Å². The summed E-state index contributed by atoms with van der Waals surface area (Å²) in [6, 6.07) is 18.4. The van der Waals surface area contributed by atoms with Crippen LogP contribution in [0.25, 0.3) is 11.1 Å². The highest BCUT2D eigenvalue weighted by Gasteiger charge is 2.14. The number of nitrogens with one attached hydrogen (secondary N) is 2. The van der Waals surface area contributed by atoms with E-state index in [-0.39, 0.29) is 11.5 Å². The van der Waals surface area contributed by atoms with E-state index in [0.717, 1.165) is 11.3 Å². The number of rotatable bonds is 10. The Labute approximate surface area is 200 Å². The molecule has 0 spiro atoms. The first-order valence-electron chi connectivity index (χ1n) is 10.3. The molecule has 1 atom stereocenters. The Morgan fingerprint density at radius 3 is 2.41 bits per heavy atom. The Balaban J connectivity index is 1.60. The molecule has 0 bridgehead atoms. The van der Waals surface area contributed by atoms with Gasteiger partial charge in [-0.15, -0.1) is 0 Å². The van der Waals surface area contributed by atoms with E-state index in [2.05, 4.69) is 15.4 Å². The molecular weight excluding hydrogens is 464 g/mol. The molecule has 10 heteroatoms. The molecule has 3 rings (SSSR count). The van der Waals surface area contributed by atoms with E-state index >= 15 is 0 Å². The van der Waals surface area contributed by atoms with Crippen molar-refractivity contribution < 1.29 is 34.4 Å². The number of carbonyl (C=O) groups is 2. The summed E-state index contributed by atoms with van der Waals surface area (Å²) >= 11 is 5.95. The van der Waals surface area contributed by atoms with E-state index in [1.165, 1.54) is 18.2 Å². The standard InChI is InChI=1S/C24H23ClN2O7/c25-17-5-1-4-16(11-17)21(28)14-26-9-10-27-18-6-2-3-15(12-18)20-8-7-19(33-23(29)30)13-22(20)34-24(31)32/h1-8,11-13,21,26-28H,9-10,14H2,(H,29,30)(H,31,32)/t21-/m0/s1. The van der Waals surface area contributed by atoms with Crippen molar-refractivity contribution in [2.24, 2.45) is 0 Å². The molecule has 0 aliphatic rings. The first-order chi connectivity index (χ1) is 16.3. The van der Waals surface area contributed by atoms with Gasteiger partial charge in [0.25, 0.3) is 0 Å². The van der Waals surface area contributed by atoms with Crippen molar-refractivity contribution in [3.05, 3.63) is 77.3 Å². The fourth-order valence-electron chi connectivity index (χ4n) is 3.25. The van der Waals surface area contributed by atoms with Crippen molar-refractivity contribution in [2.75, 3.05) is 25.0 Å². The summed E-state index contributed by atoms with van der Waals surface area (Å²) in [4.78, 5) is 21.8. The molecule has 0 aliphatic carbocycles. The molecule has 178 valence electrons. The molecule has 0 fully saturated rings. The van der Waals surface area contributed by atoms with E-state index in [1.807, 2.05) is 18.2 Å². The third-order valence-corrected chi connectivity index (χ3v) is 4.97. The molecular formula is C24H23ClN2O7. The molecule has 3 aromatic carbocycles. The quantitative estimate of drug-likeness (QED) is 0.154. The smallest absolute Gasteiger partial charge is 0.449 e. The second-order valence-corrected chi connectivity index (χ2v) is 7.61. The molecule has 0 amide bonds.